The summed E-state index contributed by atoms with van der Waals surface area (Å²) in [5.41, 5.74) is 1.25. The zero-order valence-corrected chi connectivity index (χ0v) is 13.3. The van der Waals surface area contributed by atoms with Gasteiger partial charge in [-0.05, 0) is 50.2 Å². The number of pyridine rings is 1. The van der Waals surface area contributed by atoms with Crippen molar-refractivity contribution in [2.45, 2.75) is 58.4 Å². The fourth-order valence-electron chi connectivity index (χ4n) is 2.93. The standard InChI is InChI=1S/C17H26N2O2/c1-4-21-17(20)13-7-9-14(10-8-13)19-16-15(12(2)3)6-5-11-18-16/h5-6,11-14H,4,7-10H2,1-3H3,(H,18,19). The molecule has 0 atom stereocenters. The molecule has 4 nitrogen and oxygen atoms in total. The molecule has 116 valence electrons. The zero-order valence-electron chi connectivity index (χ0n) is 13.3. The highest BCUT2D eigenvalue weighted by Crippen LogP contribution is 2.29. The number of carbonyl (C=O) groups excluding carboxylic acids is 1. The SMILES string of the molecule is CCOC(=O)C1CCC(Nc2ncccc2C(C)C)CC1. The van der Waals surface area contributed by atoms with Gasteiger partial charge in [-0.15, -0.1) is 0 Å². The first-order valence-corrected chi connectivity index (χ1v) is 7.99. The van der Waals surface area contributed by atoms with Crippen LogP contribution in [0.15, 0.2) is 18.3 Å². The maximum absolute atomic E-state index is 11.8. The molecule has 1 saturated carbocycles. The van der Waals surface area contributed by atoms with Gasteiger partial charge in [0, 0.05) is 12.2 Å². The highest BCUT2D eigenvalue weighted by atomic mass is 16.5. The van der Waals surface area contributed by atoms with Gasteiger partial charge in [-0.25, -0.2) is 4.98 Å². The van der Waals surface area contributed by atoms with Crippen molar-refractivity contribution in [3.05, 3.63) is 23.9 Å². The summed E-state index contributed by atoms with van der Waals surface area (Å²) in [6, 6.07) is 4.52. The van der Waals surface area contributed by atoms with Crippen LogP contribution < -0.4 is 5.32 Å². The normalized spacial score (nSPS) is 22.1. The number of rotatable bonds is 5. The smallest absolute Gasteiger partial charge is 0.308 e. The topological polar surface area (TPSA) is 51.2 Å². The van der Waals surface area contributed by atoms with Crippen molar-refractivity contribution in [2.75, 3.05) is 11.9 Å². The minimum absolute atomic E-state index is 0.0309. The van der Waals surface area contributed by atoms with Gasteiger partial charge in [-0.1, -0.05) is 19.9 Å². The van der Waals surface area contributed by atoms with Crippen molar-refractivity contribution >= 4 is 11.8 Å². The van der Waals surface area contributed by atoms with Crippen LogP contribution in [0.1, 0.15) is 57.9 Å². The van der Waals surface area contributed by atoms with E-state index >= 15 is 0 Å². The molecule has 0 saturated heterocycles. The summed E-state index contributed by atoms with van der Waals surface area (Å²) in [6.07, 6.45) is 5.63. The van der Waals surface area contributed by atoms with Crippen LogP contribution >= 0.6 is 0 Å². The molecule has 0 unspecified atom stereocenters. The van der Waals surface area contributed by atoms with Crippen molar-refractivity contribution in [3.8, 4) is 0 Å². The lowest BCUT2D eigenvalue weighted by molar-refractivity contribution is -0.149. The van der Waals surface area contributed by atoms with E-state index in [0.29, 0.717) is 18.6 Å². The number of carbonyl (C=O) groups is 1. The molecule has 0 aromatic carbocycles. The van der Waals surface area contributed by atoms with E-state index in [-0.39, 0.29) is 11.9 Å². The molecule has 1 aromatic heterocycles. The summed E-state index contributed by atoms with van der Waals surface area (Å²) in [5.74, 6) is 1.50. The fourth-order valence-corrected chi connectivity index (χ4v) is 2.93. The van der Waals surface area contributed by atoms with E-state index in [4.69, 9.17) is 4.74 Å². The van der Waals surface area contributed by atoms with Crippen molar-refractivity contribution in [2.24, 2.45) is 5.92 Å². The molecule has 0 amide bonds. The Morgan fingerprint density at radius 1 is 1.38 bits per heavy atom. The second-order valence-electron chi connectivity index (χ2n) is 6.04. The Kier molecular flexibility index (Phi) is 5.59. The minimum atomic E-state index is -0.0309. The van der Waals surface area contributed by atoms with Crippen LogP contribution in [-0.4, -0.2) is 23.6 Å². The third-order valence-electron chi connectivity index (χ3n) is 4.15. The van der Waals surface area contributed by atoms with Crippen LogP contribution in [0.4, 0.5) is 5.82 Å². The minimum Gasteiger partial charge on any atom is -0.466 e. The molecule has 21 heavy (non-hydrogen) atoms. The summed E-state index contributed by atoms with van der Waals surface area (Å²) in [5, 5.41) is 3.56. The molecule has 1 N–H and O–H groups in total. The summed E-state index contributed by atoms with van der Waals surface area (Å²) in [4.78, 5) is 16.2. The van der Waals surface area contributed by atoms with E-state index in [1.165, 1.54) is 5.56 Å². The van der Waals surface area contributed by atoms with Crippen LogP contribution in [0.2, 0.25) is 0 Å². The highest BCUT2D eigenvalue weighted by molar-refractivity contribution is 5.72. The number of hydrogen-bond acceptors (Lipinski definition) is 4. The van der Waals surface area contributed by atoms with Crippen LogP contribution in [0, 0.1) is 5.92 Å². The number of ether oxygens (including phenoxy) is 1. The second-order valence-corrected chi connectivity index (χ2v) is 6.04. The Labute approximate surface area is 127 Å². The van der Waals surface area contributed by atoms with Crippen molar-refractivity contribution in [1.29, 1.82) is 0 Å². The van der Waals surface area contributed by atoms with Crippen LogP contribution in [0.25, 0.3) is 0 Å². The quantitative estimate of drug-likeness (QED) is 0.839. The van der Waals surface area contributed by atoms with E-state index in [0.717, 1.165) is 31.5 Å². The van der Waals surface area contributed by atoms with Crippen molar-refractivity contribution < 1.29 is 9.53 Å². The molecular formula is C17H26N2O2. The van der Waals surface area contributed by atoms with E-state index in [2.05, 4.69) is 30.2 Å². The number of hydrogen-bond donors (Lipinski definition) is 1. The molecule has 4 heteroatoms. The molecule has 0 spiro atoms. The van der Waals surface area contributed by atoms with Gasteiger partial charge in [0.15, 0.2) is 0 Å². The summed E-state index contributed by atoms with van der Waals surface area (Å²) >= 11 is 0. The lowest BCUT2D eigenvalue weighted by Crippen LogP contribution is -2.30. The van der Waals surface area contributed by atoms with Crippen molar-refractivity contribution in [1.82, 2.24) is 4.98 Å². The van der Waals surface area contributed by atoms with Crippen LogP contribution in [0.5, 0.6) is 0 Å². The van der Waals surface area contributed by atoms with Gasteiger partial charge in [0.1, 0.15) is 5.82 Å². The first-order valence-electron chi connectivity index (χ1n) is 7.99. The average Bonchev–Trinajstić information content (AvgIpc) is 2.48. The van der Waals surface area contributed by atoms with E-state index in [9.17, 15) is 4.79 Å². The monoisotopic (exact) mass is 290 g/mol. The van der Waals surface area contributed by atoms with Crippen molar-refractivity contribution in [3.63, 3.8) is 0 Å². The number of nitrogens with zero attached hydrogens (tertiary/aromatic N) is 1. The Hall–Kier alpha value is -1.58. The highest BCUT2D eigenvalue weighted by Gasteiger charge is 2.27. The summed E-state index contributed by atoms with van der Waals surface area (Å²) in [6.45, 7) is 6.70. The molecule has 0 aliphatic heterocycles. The van der Waals surface area contributed by atoms with Gasteiger partial charge in [0.25, 0.3) is 0 Å². The van der Waals surface area contributed by atoms with E-state index < -0.39 is 0 Å². The molecule has 1 aliphatic rings. The number of aromatic nitrogens is 1. The zero-order chi connectivity index (χ0) is 15.2. The molecule has 0 bridgehead atoms. The fraction of sp³-hybridized carbons (Fsp3) is 0.647. The Morgan fingerprint density at radius 2 is 2.10 bits per heavy atom. The molecule has 1 heterocycles. The largest absolute Gasteiger partial charge is 0.466 e. The predicted octanol–water partition coefficient (Wildman–Crippen LogP) is 3.74. The first kappa shape index (κ1) is 15.8. The molecule has 1 aromatic rings. The maximum Gasteiger partial charge on any atom is 0.308 e. The number of nitrogens with one attached hydrogen (secondary N) is 1. The van der Waals surface area contributed by atoms with Gasteiger partial charge in [0.05, 0.1) is 12.5 Å². The molecular weight excluding hydrogens is 264 g/mol. The summed E-state index contributed by atoms with van der Waals surface area (Å²) < 4.78 is 5.11. The lowest BCUT2D eigenvalue weighted by Gasteiger charge is -2.29. The Morgan fingerprint density at radius 3 is 2.71 bits per heavy atom. The van der Waals surface area contributed by atoms with Gasteiger partial charge in [-0.2, -0.15) is 0 Å². The second kappa shape index (κ2) is 7.43. The average molecular weight is 290 g/mol. The molecule has 1 fully saturated rings. The molecule has 1 aliphatic carbocycles. The van der Waals surface area contributed by atoms with Gasteiger partial charge >= 0.3 is 5.97 Å². The number of esters is 1. The predicted molar refractivity (Wildman–Crippen MR) is 84.3 cm³/mol. The van der Waals surface area contributed by atoms with Gasteiger partial charge < -0.3 is 10.1 Å². The first-order chi connectivity index (χ1) is 10.1. The summed E-state index contributed by atoms with van der Waals surface area (Å²) in [7, 11) is 0. The number of anilines is 1. The van der Waals surface area contributed by atoms with Gasteiger partial charge in [-0.3, -0.25) is 4.79 Å². The van der Waals surface area contributed by atoms with E-state index in [1.54, 1.807) is 0 Å². The molecule has 0 radical (unpaired) electrons. The van der Waals surface area contributed by atoms with Gasteiger partial charge in [0.2, 0.25) is 0 Å². The Bertz CT molecular complexity index is 466. The Balaban J connectivity index is 1.91. The third-order valence-corrected chi connectivity index (χ3v) is 4.15. The third kappa shape index (κ3) is 4.19. The molecule has 2 rings (SSSR count). The van der Waals surface area contributed by atoms with Crippen LogP contribution in [0.3, 0.4) is 0 Å². The van der Waals surface area contributed by atoms with Crippen LogP contribution in [-0.2, 0) is 9.53 Å². The maximum atomic E-state index is 11.8. The van der Waals surface area contributed by atoms with E-state index in [1.807, 2.05) is 19.2 Å². The lowest BCUT2D eigenvalue weighted by atomic mass is 9.86.